The summed E-state index contributed by atoms with van der Waals surface area (Å²) in [5.74, 6) is -1.78. The molecule has 0 bridgehead atoms. The molecule has 134 valence electrons. The molecule has 0 saturated carbocycles. The number of rotatable bonds is 2. The third-order valence-corrected chi connectivity index (χ3v) is 4.07. The maximum absolute atomic E-state index is 13.5. The van der Waals surface area contributed by atoms with Gasteiger partial charge in [-0.05, 0) is 36.4 Å². The third-order valence-electron chi connectivity index (χ3n) is 3.77. The molecule has 0 unspecified atom stereocenters. The van der Waals surface area contributed by atoms with E-state index in [1.165, 1.54) is 10.6 Å². The van der Waals surface area contributed by atoms with Crippen molar-refractivity contribution in [2.75, 3.05) is 0 Å². The third kappa shape index (κ3) is 3.03. The van der Waals surface area contributed by atoms with Crippen molar-refractivity contribution in [2.24, 2.45) is 5.73 Å². The summed E-state index contributed by atoms with van der Waals surface area (Å²) in [5.41, 5.74) is 3.21. The maximum Gasteiger partial charge on any atom is 0.416 e. The van der Waals surface area contributed by atoms with Gasteiger partial charge in [0, 0.05) is 11.6 Å². The van der Waals surface area contributed by atoms with Gasteiger partial charge in [-0.1, -0.05) is 11.6 Å². The van der Waals surface area contributed by atoms with Crippen LogP contribution in [0.1, 0.15) is 15.9 Å². The first kappa shape index (κ1) is 17.9. The van der Waals surface area contributed by atoms with Gasteiger partial charge in [-0.3, -0.25) is 9.59 Å². The van der Waals surface area contributed by atoms with E-state index in [0.717, 1.165) is 30.5 Å². The van der Waals surface area contributed by atoms with E-state index in [2.05, 4.69) is 0 Å². The Morgan fingerprint density at radius 3 is 2.38 bits per heavy atom. The Labute approximate surface area is 148 Å². The van der Waals surface area contributed by atoms with Gasteiger partial charge < -0.3 is 10.3 Å². The second kappa shape index (κ2) is 6.14. The highest BCUT2D eigenvalue weighted by atomic mass is 35.5. The van der Waals surface area contributed by atoms with Gasteiger partial charge in [0.05, 0.1) is 21.8 Å². The van der Waals surface area contributed by atoms with Gasteiger partial charge in [0.2, 0.25) is 5.43 Å². The number of carbonyl (C=O) groups excluding carboxylic acids is 1. The van der Waals surface area contributed by atoms with E-state index < -0.39 is 34.5 Å². The zero-order chi connectivity index (χ0) is 19.2. The Balaban J connectivity index is 2.37. The van der Waals surface area contributed by atoms with Crippen molar-refractivity contribution in [1.82, 2.24) is 4.57 Å². The van der Waals surface area contributed by atoms with Crippen LogP contribution in [-0.2, 0) is 6.18 Å². The first-order chi connectivity index (χ1) is 12.1. The molecule has 0 radical (unpaired) electrons. The number of amides is 1. The number of benzene rings is 2. The highest BCUT2D eigenvalue weighted by molar-refractivity contribution is 6.32. The quantitative estimate of drug-likeness (QED) is 0.681. The first-order valence-electron chi connectivity index (χ1n) is 7.11. The first-order valence-corrected chi connectivity index (χ1v) is 7.49. The molecule has 2 N–H and O–H groups in total. The zero-order valence-electron chi connectivity index (χ0n) is 12.8. The number of halogens is 5. The topological polar surface area (TPSA) is 65.1 Å². The van der Waals surface area contributed by atoms with Crippen molar-refractivity contribution in [1.29, 1.82) is 0 Å². The molecule has 0 spiro atoms. The summed E-state index contributed by atoms with van der Waals surface area (Å²) in [5, 5.41) is -0.429. The van der Waals surface area contributed by atoms with Crippen molar-refractivity contribution in [3.8, 4) is 5.69 Å². The molecule has 1 heterocycles. The number of aromatic nitrogens is 1. The smallest absolute Gasteiger partial charge is 0.365 e. The summed E-state index contributed by atoms with van der Waals surface area (Å²) in [4.78, 5) is 23.9. The molecule has 1 amide bonds. The van der Waals surface area contributed by atoms with E-state index in [4.69, 9.17) is 17.3 Å². The number of nitrogens with zero attached hydrogens (tertiary/aromatic N) is 1. The van der Waals surface area contributed by atoms with Crippen LogP contribution in [-0.4, -0.2) is 10.5 Å². The van der Waals surface area contributed by atoms with Gasteiger partial charge in [-0.15, -0.1) is 0 Å². The predicted molar refractivity (Wildman–Crippen MR) is 88.0 cm³/mol. The van der Waals surface area contributed by atoms with Crippen molar-refractivity contribution in [3.63, 3.8) is 0 Å². The number of hydrogen-bond acceptors (Lipinski definition) is 2. The van der Waals surface area contributed by atoms with E-state index in [-0.39, 0.29) is 21.6 Å². The minimum Gasteiger partial charge on any atom is -0.365 e. The zero-order valence-corrected chi connectivity index (χ0v) is 13.5. The van der Waals surface area contributed by atoms with Crippen LogP contribution >= 0.6 is 11.6 Å². The summed E-state index contributed by atoms with van der Waals surface area (Å²) in [6, 6.07) is 5.85. The lowest BCUT2D eigenvalue weighted by atomic mass is 10.1. The minimum atomic E-state index is -4.59. The van der Waals surface area contributed by atoms with Gasteiger partial charge in [-0.25, -0.2) is 4.39 Å². The Hall–Kier alpha value is -2.87. The molecular weight excluding hydrogens is 376 g/mol. The number of hydrogen-bond donors (Lipinski definition) is 1. The molecule has 26 heavy (non-hydrogen) atoms. The molecule has 3 rings (SSSR count). The SMILES string of the molecule is NC(=O)c1cn(-c2ccc(C(F)(F)F)cc2Cl)c2ccc(F)cc2c1=O. The van der Waals surface area contributed by atoms with Crippen molar-refractivity contribution >= 4 is 28.4 Å². The van der Waals surface area contributed by atoms with E-state index in [0.29, 0.717) is 6.07 Å². The maximum atomic E-state index is 13.5. The molecule has 2 aromatic carbocycles. The van der Waals surface area contributed by atoms with Crippen LogP contribution in [0.15, 0.2) is 47.4 Å². The standard InChI is InChI=1S/C17H9ClF4N2O2/c18-12-5-8(17(20,21)22)1-3-14(12)24-7-11(16(23)26)15(25)10-6-9(19)2-4-13(10)24/h1-7H,(H2,23,26). The predicted octanol–water partition coefficient (Wildman–Crippen LogP) is 3.90. The molecule has 9 heteroatoms. The molecule has 0 aliphatic rings. The number of primary amides is 1. The van der Waals surface area contributed by atoms with Crippen LogP contribution in [0.4, 0.5) is 17.6 Å². The van der Waals surface area contributed by atoms with Crippen LogP contribution in [0.25, 0.3) is 16.6 Å². The number of pyridine rings is 1. The fourth-order valence-electron chi connectivity index (χ4n) is 2.56. The van der Waals surface area contributed by atoms with E-state index >= 15 is 0 Å². The minimum absolute atomic E-state index is 0.0683. The normalized spacial score (nSPS) is 11.7. The van der Waals surface area contributed by atoms with E-state index in [1.807, 2.05) is 0 Å². The Morgan fingerprint density at radius 1 is 1.12 bits per heavy atom. The fourth-order valence-corrected chi connectivity index (χ4v) is 2.83. The fraction of sp³-hybridized carbons (Fsp3) is 0.0588. The number of nitrogens with two attached hydrogens (primary N) is 1. The summed E-state index contributed by atoms with van der Waals surface area (Å²) in [6.07, 6.45) is -3.52. The summed E-state index contributed by atoms with van der Waals surface area (Å²) in [6.45, 7) is 0. The number of carbonyl (C=O) groups is 1. The van der Waals surface area contributed by atoms with E-state index in [1.54, 1.807) is 0 Å². The molecule has 0 saturated heterocycles. The average Bonchev–Trinajstić information content (AvgIpc) is 2.55. The van der Waals surface area contributed by atoms with Crippen LogP contribution in [0.2, 0.25) is 5.02 Å². The average molecular weight is 385 g/mol. The Bertz CT molecular complexity index is 1110. The highest BCUT2D eigenvalue weighted by Crippen LogP contribution is 2.34. The van der Waals surface area contributed by atoms with Crippen LogP contribution < -0.4 is 11.2 Å². The van der Waals surface area contributed by atoms with Crippen molar-refractivity contribution < 1.29 is 22.4 Å². The summed E-state index contributed by atoms with van der Waals surface area (Å²) in [7, 11) is 0. The summed E-state index contributed by atoms with van der Waals surface area (Å²) >= 11 is 5.98. The molecule has 0 aliphatic carbocycles. The molecular formula is C17H9ClF4N2O2. The van der Waals surface area contributed by atoms with Crippen molar-refractivity contribution in [2.45, 2.75) is 6.18 Å². The van der Waals surface area contributed by atoms with E-state index in [9.17, 15) is 27.2 Å². The molecule has 0 fully saturated rings. The second-order valence-electron chi connectivity index (χ2n) is 5.43. The summed E-state index contributed by atoms with van der Waals surface area (Å²) < 4.78 is 53.2. The molecule has 0 atom stereocenters. The number of fused-ring (bicyclic) bond motifs is 1. The Kier molecular flexibility index (Phi) is 4.23. The van der Waals surface area contributed by atoms with Crippen LogP contribution in [0.3, 0.4) is 0 Å². The van der Waals surface area contributed by atoms with Gasteiger partial charge in [0.25, 0.3) is 5.91 Å². The van der Waals surface area contributed by atoms with Gasteiger partial charge >= 0.3 is 6.18 Å². The largest absolute Gasteiger partial charge is 0.416 e. The number of alkyl halides is 3. The van der Waals surface area contributed by atoms with Crippen LogP contribution in [0, 0.1) is 5.82 Å². The lowest BCUT2D eigenvalue weighted by Crippen LogP contribution is -2.24. The lowest BCUT2D eigenvalue weighted by molar-refractivity contribution is -0.137. The van der Waals surface area contributed by atoms with Crippen molar-refractivity contribution in [3.05, 3.63) is 74.8 Å². The van der Waals surface area contributed by atoms with Gasteiger partial charge in [0.1, 0.15) is 11.4 Å². The van der Waals surface area contributed by atoms with Crippen LogP contribution in [0.5, 0.6) is 0 Å². The molecule has 3 aromatic rings. The highest BCUT2D eigenvalue weighted by Gasteiger charge is 2.31. The second-order valence-corrected chi connectivity index (χ2v) is 5.84. The molecule has 0 aliphatic heterocycles. The Morgan fingerprint density at radius 2 is 1.81 bits per heavy atom. The monoisotopic (exact) mass is 384 g/mol. The molecule has 1 aromatic heterocycles. The van der Waals surface area contributed by atoms with Gasteiger partial charge in [0.15, 0.2) is 0 Å². The van der Waals surface area contributed by atoms with Gasteiger partial charge in [-0.2, -0.15) is 13.2 Å². The lowest BCUT2D eigenvalue weighted by Gasteiger charge is -2.15. The molecule has 4 nitrogen and oxygen atoms in total.